The number of oxime groups is 1. The number of nitrogens with zero attached hydrogens (tertiary/aromatic N) is 17. The van der Waals surface area contributed by atoms with Gasteiger partial charge in [-0.25, -0.2) is 39.4 Å². The van der Waals surface area contributed by atoms with E-state index in [1.54, 1.807) is 63.5 Å². The molecule has 7 aromatic rings. The average Bonchev–Trinajstić information content (AvgIpc) is 1.60. The van der Waals surface area contributed by atoms with Crippen LogP contribution in [0.25, 0.3) is 33.4 Å². The second-order valence-corrected chi connectivity index (χ2v) is 38.3. The van der Waals surface area contributed by atoms with Gasteiger partial charge in [-0.05, 0) is 155 Å². The molecule has 1 aliphatic carbocycles. The maximum absolute atomic E-state index is 14.7. The number of nitrogens with two attached hydrogens (primary N) is 3. The number of carbonyl (C=O) groups excluding carboxylic acids is 6. The number of methoxy groups -OCH3 is 2. The topological polar surface area (TPSA) is 493 Å². The van der Waals surface area contributed by atoms with Crippen molar-refractivity contribution in [2.24, 2.45) is 40.5 Å². The fourth-order valence-corrected chi connectivity index (χ4v) is 20.4. The standard InChI is InChI=1S/C98H134N20O18/c1-58-14-10-9-11-15-59(2)79(130-7)48-71-22-17-63(6)98(129,136-71)89(125)93(127)117-28-13-12-16-75(117)94(128)134-80(72(99)45-64-19-23-76(119)81(46-64)131-8)49-77(120)60(3)43-62(5)87(123)88(124)85(61(4)42-58)110-133-56-83(122)115-30-26-73-70(55-115)52-104-97(108-73)114-37-35-112(36-38-114)82(121)27-40-132-41-39-111-31-33-113(34-32-111)96-102-50-69(51-103-96)92(126)116-29-25-66-44-65(18-20-68(66)54-116)53-118-91-84(90(100)105-57-106-91)86(109-118)67-21-24-78-74(47-67)107-95(101)135-78/h9,11,15,18,20-21,24,43-44,47,50-52,57-58,60-61,63-64,71-72,75-77,79-81,87-88,119-120,123-124,129H,10,12-14,16-17,19,22-23,25-42,45-46,48-49,53-56,99H2,1-8H3,(H2,101,107)(H2,100,105,106)/b11-9+,59-15+,62-43+,110-85+/t58-,60-,61-,63-,64+,71+,72-,75+,76-,77-,79+,80+,81-,87-,88+,98-/m1/s1. The summed E-state index contributed by atoms with van der Waals surface area (Å²) in [6, 6.07) is 9.81. The largest absolute Gasteiger partial charge is 0.459 e. The number of aliphatic hydroxyl groups is 5. The second-order valence-electron chi connectivity index (χ2n) is 38.3. The van der Waals surface area contributed by atoms with Gasteiger partial charge in [-0.15, -0.1) is 0 Å². The first-order chi connectivity index (χ1) is 65.5. The van der Waals surface area contributed by atoms with Gasteiger partial charge in [0.25, 0.3) is 29.5 Å². The molecule has 734 valence electrons. The van der Waals surface area contributed by atoms with Crippen molar-refractivity contribution in [2.75, 3.05) is 134 Å². The van der Waals surface area contributed by atoms with Crippen LogP contribution in [0.1, 0.15) is 176 Å². The molecule has 0 spiro atoms. The molecule has 0 radical (unpaired) electrons. The summed E-state index contributed by atoms with van der Waals surface area (Å²) in [5, 5.41) is 69.5. The van der Waals surface area contributed by atoms with Gasteiger partial charge < -0.3 is 105 Å². The van der Waals surface area contributed by atoms with Crippen molar-refractivity contribution in [1.29, 1.82) is 0 Å². The normalized spacial score (nSPS) is 28.7. The molecule has 38 nitrogen and oxygen atoms in total. The Kier molecular flexibility index (Phi) is 33.0. The number of amides is 4. The highest BCUT2D eigenvalue weighted by atomic mass is 16.6. The molecular weight excluding hydrogens is 1750 g/mol. The van der Waals surface area contributed by atoms with Crippen LogP contribution in [0.5, 0.6) is 0 Å². The molecule has 4 amide bonds. The van der Waals surface area contributed by atoms with Gasteiger partial charge in [-0.2, -0.15) is 10.1 Å². The third kappa shape index (κ3) is 23.7. The number of nitrogen functional groups attached to an aromatic ring is 2. The summed E-state index contributed by atoms with van der Waals surface area (Å²) in [4.78, 5) is 136. The molecule has 16 atom stereocenters. The predicted molar refractivity (Wildman–Crippen MR) is 506 cm³/mol. The van der Waals surface area contributed by atoms with Crippen LogP contribution in [-0.2, 0) is 85.0 Å². The van der Waals surface area contributed by atoms with Gasteiger partial charge in [-0.1, -0.05) is 75.4 Å². The quantitative estimate of drug-likeness (QED) is 0.0134. The zero-order chi connectivity index (χ0) is 96.2. The molecular formula is C98H134N20O18. The molecule has 7 aliphatic heterocycles. The Balaban J connectivity index is 0.503. The number of benzene rings is 2. The summed E-state index contributed by atoms with van der Waals surface area (Å²) < 4.78 is 37.5. The van der Waals surface area contributed by atoms with Crippen LogP contribution in [0.4, 0.5) is 23.7 Å². The van der Waals surface area contributed by atoms with Crippen molar-refractivity contribution in [1.82, 2.24) is 69.2 Å². The van der Waals surface area contributed by atoms with Gasteiger partial charge in [0.1, 0.15) is 47.7 Å². The number of ketones is 1. The molecule has 38 heteroatoms. The van der Waals surface area contributed by atoms with E-state index in [-0.39, 0.29) is 85.6 Å². The fraction of sp³-hybridized carbons (Fsp3) is 0.602. The smallest absolute Gasteiger partial charge is 0.329 e. The Labute approximate surface area is 792 Å². The average molecular weight is 1880 g/mol. The van der Waals surface area contributed by atoms with Gasteiger partial charge >= 0.3 is 5.97 Å². The minimum absolute atomic E-state index is 0.0161. The molecule has 15 rings (SSSR count). The summed E-state index contributed by atoms with van der Waals surface area (Å²) in [6.07, 6.45) is 13.5. The number of carbonyl (C=O) groups is 6. The Bertz CT molecular complexity index is 5480. The molecule has 5 aromatic heterocycles. The summed E-state index contributed by atoms with van der Waals surface area (Å²) >= 11 is 0. The van der Waals surface area contributed by atoms with Crippen molar-refractivity contribution in [3.63, 3.8) is 0 Å². The predicted octanol–water partition coefficient (Wildman–Crippen LogP) is 6.44. The van der Waals surface area contributed by atoms with Crippen LogP contribution in [0.2, 0.25) is 0 Å². The lowest BCUT2D eigenvalue weighted by molar-refractivity contribution is -0.265. The number of aliphatic hydroxyl groups excluding tert-OH is 4. The van der Waals surface area contributed by atoms with E-state index >= 15 is 0 Å². The maximum atomic E-state index is 14.7. The van der Waals surface area contributed by atoms with Crippen LogP contribution in [0.15, 0.2) is 106 Å². The lowest BCUT2D eigenvalue weighted by Crippen LogP contribution is -2.61. The number of hydrogen-bond donors (Lipinski definition) is 8. The number of cyclic esters (lactones) is 1. The number of oxazole rings is 1. The number of ether oxygens (including phenoxy) is 5. The summed E-state index contributed by atoms with van der Waals surface area (Å²) in [5.41, 5.74) is 29.0. The van der Waals surface area contributed by atoms with E-state index in [0.717, 1.165) is 63.5 Å². The van der Waals surface area contributed by atoms with Crippen LogP contribution in [-0.4, -0.2) is 315 Å². The van der Waals surface area contributed by atoms with Crippen LogP contribution in [0, 0.1) is 29.6 Å². The van der Waals surface area contributed by atoms with Gasteiger partial charge in [0, 0.05) is 179 Å². The van der Waals surface area contributed by atoms with E-state index in [0.29, 0.717) is 213 Å². The molecule has 8 aliphatic rings. The first kappa shape index (κ1) is 99.6. The zero-order valence-electron chi connectivity index (χ0n) is 79.4. The first-order valence-electron chi connectivity index (χ1n) is 48.2. The number of hydrogen-bond acceptors (Lipinski definition) is 33. The van der Waals surface area contributed by atoms with Crippen LogP contribution < -0.4 is 27.0 Å². The molecule has 2 bridgehead atoms. The van der Waals surface area contributed by atoms with E-state index in [2.05, 4.69) is 69.9 Å². The number of anilines is 4. The summed E-state index contributed by atoms with van der Waals surface area (Å²) in [5.74, 6) is -6.54. The molecule has 2 aromatic carbocycles. The van der Waals surface area contributed by atoms with Crippen molar-refractivity contribution in [3.05, 3.63) is 130 Å². The maximum Gasteiger partial charge on any atom is 0.329 e. The fourth-order valence-electron chi connectivity index (χ4n) is 20.4. The third-order valence-corrected chi connectivity index (χ3v) is 28.8. The molecule has 5 fully saturated rings. The van der Waals surface area contributed by atoms with Crippen molar-refractivity contribution in [3.8, 4) is 11.3 Å². The first-order valence-corrected chi connectivity index (χ1v) is 48.2. The number of allylic oxidation sites excluding steroid dienone is 3. The van der Waals surface area contributed by atoms with E-state index in [1.807, 2.05) is 58.7 Å². The molecule has 1 saturated carbocycles. The summed E-state index contributed by atoms with van der Waals surface area (Å²) in [7, 11) is 3.11. The van der Waals surface area contributed by atoms with Crippen molar-refractivity contribution < 1.29 is 87.2 Å². The Morgan fingerprint density at radius 2 is 1.46 bits per heavy atom. The Hall–Kier alpha value is -10.9. The van der Waals surface area contributed by atoms with Crippen LogP contribution >= 0.6 is 0 Å². The van der Waals surface area contributed by atoms with Crippen LogP contribution in [0.3, 0.4) is 0 Å². The number of esters is 1. The van der Waals surface area contributed by atoms with Crippen molar-refractivity contribution >= 4 is 87.0 Å². The third-order valence-electron chi connectivity index (χ3n) is 28.8. The highest BCUT2D eigenvalue weighted by Crippen LogP contribution is 2.40. The number of rotatable bonds is 20. The summed E-state index contributed by atoms with van der Waals surface area (Å²) in [6.45, 7) is 18.9. The minimum Gasteiger partial charge on any atom is -0.459 e. The van der Waals surface area contributed by atoms with E-state index < -0.39 is 109 Å². The minimum atomic E-state index is -2.49. The Morgan fingerprint density at radius 1 is 0.706 bits per heavy atom. The van der Waals surface area contributed by atoms with E-state index in [4.69, 9.17) is 65.2 Å². The number of aromatic nitrogens is 9. The number of piperidine rings is 1. The highest BCUT2D eigenvalue weighted by Gasteiger charge is 2.54. The SMILES string of the molecule is CO[C@H]1C[C@@H]2CC[C@@H](C)[C@@](O)(O2)C(=O)C(=O)N2CCCC[C@H]2C(=O)O[C@H]([C@H](N)C[C@@H]2CC[C@@H](O)[C@H](OC)C2)C[C@@H](O)[C@H](C)/C=C(\C)[C@@H](O)[C@@H](O)/C(=N/OCC(=O)N2CCc3nc(N4CCN(C(=O)CCOCCN5CCN(c6ncc(C(=O)N7CCc8cc(Cn9nc(-c%10ccc%11oc(N)nc%11c%10)c%10c(N)ncnc%109)ccc8C7)cn6)CC5)CC4)ncc3C2)[C@H](C)C[C@H](C)CC/C=C/C=C/1C. The lowest BCUT2D eigenvalue weighted by Gasteiger charge is -2.42. The number of fused-ring (bicyclic) bond motifs is 7. The van der Waals surface area contributed by atoms with Gasteiger partial charge in [-0.3, -0.25) is 28.9 Å². The van der Waals surface area contributed by atoms with Gasteiger partial charge in [0.05, 0.1) is 79.1 Å². The molecule has 12 heterocycles. The lowest BCUT2D eigenvalue weighted by atomic mass is 9.80. The molecule has 11 N–H and O–H groups in total. The molecule has 4 saturated heterocycles. The zero-order valence-corrected chi connectivity index (χ0v) is 79.4. The number of Topliss-reactive ketones (excluding diaryl/α,β-unsaturated/α-hetero) is 1. The van der Waals surface area contributed by atoms with Gasteiger partial charge in [0.15, 0.2) is 17.8 Å². The Morgan fingerprint density at radius 3 is 2.24 bits per heavy atom. The van der Waals surface area contributed by atoms with E-state index in [9.17, 15) is 54.3 Å². The molecule has 136 heavy (non-hydrogen) atoms. The van der Waals surface area contributed by atoms with Crippen molar-refractivity contribution in [2.45, 2.75) is 237 Å². The monoisotopic (exact) mass is 1880 g/mol. The van der Waals surface area contributed by atoms with Gasteiger partial charge in [0.2, 0.25) is 23.6 Å². The number of piperazine rings is 2. The van der Waals surface area contributed by atoms with E-state index in [1.165, 1.54) is 13.4 Å². The molecule has 0 unspecified atom stereocenters. The highest BCUT2D eigenvalue weighted by molar-refractivity contribution is 6.39. The second kappa shape index (κ2) is 45.1.